The predicted octanol–water partition coefficient (Wildman–Crippen LogP) is 2.08. The molecule has 1 aromatic rings. The molecule has 2 amide bonds. The molecule has 0 bridgehead atoms. The summed E-state index contributed by atoms with van der Waals surface area (Å²) >= 11 is 0. The molecule has 0 aliphatic rings. The second-order valence-corrected chi connectivity index (χ2v) is 5.11. The van der Waals surface area contributed by atoms with Crippen LogP contribution in [0.1, 0.15) is 32.8 Å². The minimum absolute atomic E-state index is 0.0439. The molecule has 1 atom stereocenters. The van der Waals surface area contributed by atoms with Crippen molar-refractivity contribution in [3.05, 3.63) is 29.8 Å². The van der Waals surface area contributed by atoms with Crippen LogP contribution in [0, 0.1) is 0 Å². The van der Waals surface area contributed by atoms with E-state index in [0.29, 0.717) is 19.0 Å². The Morgan fingerprint density at radius 2 is 2.10 bits per heavy atom. The van der Waals surface area contributed by atoms with Crippen molar-refractivity contribution in [1.29, 1.82) is 0 Å². The molecule has 0 radical (unpaired) electrons. The highest BCUT2D eigenvalue weighted by Crippen LogP contribution is 2.11. The summed E-state index contributed by atoms with van der Waals surface area (Å²) in [5.74, 6) is 0. The van der Waals surface area contributed by atoms with Gasteiger partial charge in [0.2, 0.25) is 0 Å². The van der Waals surface area contributed by atoms with Crippen molar-refractivity contribution in [3.63, 3.8) is 0 Å². The van der Waals surface area contributed by atoms with Crippen molar-refractivity contribution in [2.24, 2.45) is 0 Å². The van der Waals surface area contributed by atoms with Crippen molar-refractivity contribution in [3.8, 4) is 0 Å². The van der Waals surface area contributed by atoms with Crippen LogP contribution in [0.2, 0.25) is 0 Å². The van der Waals surface area contributed by atoms with Gasteiger partial charge in [-0.1, -0.05) is 19.1 Å². The van der Waals surface area contributed by atoms with Gasteiger partial charge in [0.1, 0.15) is 0 Å². The number of nitrogens with one attached hydrogen (secondary N) is 3. The second-order valence-electron chi connectivity index (χ2n) is 5.11. The van der Waals surface area contributed by atoms with Gasteiger partial charge in [-0.2, -0.15) is 0 Å². The van der Waals surface area contributed by atoms with Gasteiger partial charge in [0, 0.05) is 18.3 Å². The van der Waals surface area contributed by atoms with Crippen molar-refractivity contribution in [2.45, 2.75) is 45.8 Å². The summed E-state index contributed by atoms with van der Waals surface area (Å²) in [7, 11) is 0. The van der Waals surface area contributed by atoms with E-state index in [0.717, 1.165) is 11.3 Å². The van der Waals surface area contributed by atoms with E-state index < -0.39 is 0 Å². The summed E-state index contributed by atoms with van der Waals surface area (Å²) in [6, 6.07) is 7.87. The van der Waals surface area contributed by atoms with Gasteiger partial charge in [-0.05, 0) is 38.0 Å². The van der Waals surface area contributed by atoms with Crippen LogP contribution >= 0.6 is 0 Å². The van der Waals surface area contributed by atoms with Gasteiger partial charge in [0.25, 0.3) is 0 Å². The van der Waals surface area contributed by atoms with Crippen LogP contribution in [0.15, 0.2) is 24.3 Å². The fourth-order valence-electron chi connectivity index (χ4n) is 1.80. The minimum atomic E-state index is -0.256. The monoisotopic (exact) mass is 279 g/mol. The standard InChI is InChI=1S/C15H25N3O2/c1-4-13(10-19)18-15(20)16-9-12-6-5-7-14(8-12)17-11(2)3/h5-8,11,13,17,19H,4,9-10H2,1-3H3,(H2,16,18,20). The summed E-state index contributed by atoms with van der Waals surface area (Å²) < 4.78 is 0. The van der Waals surface area contributed by atoms with Crippen LogP contribution in [-0.2, 0) is 6.54 Å². The maximum Gasteiger partial charge on any atom is 0.315 e. The Hall–Kier alpha value is -1.75. The van der Waals surface area contributed by atoms with Crippen LogP contribution in [-0.4, -0.2) is 29.8 Å². The van der Waals surface area contributed by atoms with E-state index in [9.17, 15) is 4.79 Å². The maximum atomic E-state index is 11.7. The lowest BCUT2D eigenvalue weighted by atomic mass is 10.2. The molecule has 0 spiro atoms. The van der Waals surface area contributed by atoms with Gasteiger partial charge in [-0.15, -0.1) is 0 Å². The van der Waals surface area contributed by atoms with Gasteiger partial charge in [-0.3, -0.25) is 0 Å². The average Bonchev–Trinajstić information content (AvgIpc) is 2.42. The largest absolute Gasteiger partial charge is 0.394 e. The molecule has 1 unspecified atom stereocenters. The smallest absolute Gasteiger partial charge is 0.315 e. The number of carbonyl (C=O) groups excluding carboxylic acids is 1. The molecule has 0 saturated carbocycles. The fourth-order valence-corrected chi connectivity index (χ4v) is 1.80. The summed E-state index contributed by atoms with van der Waals surface area (Å²) in [6.07, 6.45) is 0.706. The number of urea groups is 1. The van der Waals surface area contributed by atoms with E-state index in [1.165, 1.54) is 0 Å². The van der Waals surface area contributed by atoms with Gasteiger partial charge >= 0.3 is 6.03 Å². The van der Waals surface area contributed by atoms with Crippen LogP contribution in [0.4, 0.5) is 10.5 Å². The predicted molar refractivity (Wildman–Crippen MR) is 81.7 cm³/mol. The summed E-state index contributed by atoms with van der Waals surface area (Å²) in [6.45, 7) is 6.50. The molecule has 1 aromatic carbocycles. The Labute approximate surface area is 120 Å². The quantitative estimate of drug-likeness (QED) is 0.617. The van der Waals surface area contributed by atoms with Gasteiger partial charge in [0.15, 0.2) is 0 Å². The third-order valence-corrected chi connectivity index (χ3v) is 2.88. The number of amides is 2. The Bertz CT molecular complexity index is 417. The lowest BCUT2D eigenvalue weighted by Crippen LogP contribution is -2.43. The van der Waals surface area contributed by atoms with E-state index in [1.807, 2.05) is 31.2 Å². The van der Waals surface area contributed by atoms with E-state index in [1.54, 1.807) is 0 Å². The van der Waals surface area contributed by atoms with Crippen molar-refractivity contribution < 1.29 is 9.90 Å². The first-order chi connectivity index (χ1) is 9.55. The molecule has 112 valence electrons. The molecule has 0 heterocycles. The highest BCUT2D eigenvalue weighted by atomic mass is 16.3. The number of hydrogen-bond donors (Lipinski definition) is 4. The van der Waals surface area contributed by atoms with E-state index in [2.05, 4.69) is 29.8 Å². The molecule has 0 aliphatic carbocycles. The number of hydrogen-bond acceptors (Lipinski definition) is 3. The van der Waals surface area contributed by atoms with E-state index in [4.69, 9.17) is 5.11 Å². The SMILES string of the molecule is CCC(CO)NC(=O)NCc1cccc(NC(C)C)c1. The molecular formula is C15H25N3O2. The first kappa shape index (κ1) is 16.3. The first-order valence-corrected chi connectivity index (χ1v) is 7.05. The van der Waals surface area contributed by atoms with Crippen LogP contribution < -0.4 is 16.0 Å². The number of benzene rings is 1. The Kier molecular flexibility index (Phi) is 6.87. The normalized spacial score (nSPS) is 12.1. The third-order valence-electron chi connectivity index (χ3n) is 2.88. The Morgan fingerprint density at radius 1 is 1.35 bits per heavy atom. The highest BCUT2D eigenvalue weighted by Gasteiger charge is 2.08. The van der Waals surface area contributed by atoms with Crippen LogP contribution in [0.3, 0.4) is 0 Å². The lowest BCUT2D eigenvalue weighted by molar-refractivity contribution is 0.214. The number of rotatable bonds is 7. The Balaban J connectivity index is 2.46. The van der Waals surface area contributed by atoms with Crippen molar-refractivity contribution >= 4 is 11.7 Å². The van der Waals surface area contributed by atoms with Gasteiger partial charge in [0.05, 0.1) is 12.6 Å². The molecule has 1 rings (SSSR count). The number of carbonyl (C=O) groups is 1. The molecule has 0 aliphatic heterocycles. The zero-order valence-corrected chi connectivity index (χ0v) is 12.4. The summed E-state index contributed by atoms with van der Waals surface area (Å²) in [5.41, 5.74) is 2.07. The van der Waals surface area contributed by atoms with Gasteiger partial charge < -0.3 is 21.1 Å². The number of anilines is 1. The zero-order valence-electron chi connectivity index (χ0n) is 12.4. The third kappa shape index (κ3) is 5.93. The molecule has 4 N–H and O–H groups in total. The van der Waals surface area contributed by atoms with Crippen molar-refractivity contribution in [2.75, 3.05) is 11.9 Å². The summed E-state index contributed by atoms with van der Waals surface area (Å²) in [5, 5.41) is 17.9. The molecule has 0 saturated heterocycles. The lowest BCUT2D eigenvalue weighted by Gasteiger charge is -2.15. The molecule has 20 heavy (non-hydrogen) atoms. The molecule has 0 fully saturated rings. The maximum absolute atomic E-state index is 11.7. The average molecular weight is 279 g/mol. The second kappa shape index (κ2) is 8.43. The number of aliphatic hydroxyl groups excluding tert-OH is 1. The molecule has 5 heteroatoms. The topological polar surface area (TPSA) is 73.4 Å². The van der Waals surface area contributed by atoms with E-state index >= 15 is 0 Å². The number of aliphatic hydroxyl groups is 1. The fraction of sp³-hybridized carbons (Fsp3) is 0.533. The van der Waals surface area contributed by atoms with Crippen LogP contribution in [0.5, 0.6) is 0 Å². The Morgan fingerprint density at radius 3 is 2.70 bits per heavy atom. The van der Waals surface area contributed by atoms with E-state index in [-0.39, 0.29) is 18.7 Å². The van der Waals surface area contributed by atoms with Crippen molar-refractivity contribution in [1.82, 2.24) is 10.6 Å². The van der Waals surface area contributed by atoms with Crippen LogP contribution in [0.25, 0.3) is 0 Å². The summed E-state index contributed by atoms with van der Waals surface area (Å²) in [4.78, 5) is 11.7. The molecular weight excluding hydrogens is 254 g/mol. The van der Waals surface area contributed by atoms with Gasteiger partial charge in [-0.25, -0.2) is 4.79 Å². The highest BCUT2D eigenvalue weighted by molar-refractivity contribution is 5.74. The minimum Gasteiger partial charge on any atom is -0.394 e. The molecule has 5 nitrogen and oxygen atoms in total. The zero-order chi connectivity index (χ0) is 15.0. The molecule has 0 aromatic heterocycles. The first-order valence-electron chi connectivity index (χ1n) is 7.05.